The first-order valence-electron chi connectivity index (χ1n) is 4.27. The summed E-state index contributed by atoms with van der Waals surface area (Å²) in [5.41, 5.74) is -1.14. The van der Waals surface area contributed by atoms with Crippen LogP contribution in [0.15, 0.2) is 12.2 Å². The van der Waals surface area contributed by atoms with E-state index in [-0.39, 0.29) is 5.41 Å². The van der Waals surface area contributed by atoms with Crippen molar-refractivity contribution in [2.75, 3.05) is 0 Å². The maximum Gasteiger partial charge on any atom is 0.372 e. The molecule has 1 atom stereocenters. The Balaban J connectivity index is 3.03. The lowest BCUT2D eigenvalue weighted by Gasteiger charge is -2.34. The van der Waals surface area contributed by atoms with E-state index < -0.39 is 17.2 Å². The monoisotopic (exact) mass is 182 g/mol. The number of ketones is 1. The Morgan fingerprint density at radius 3 is 2.15 bits per heavy atom. The van der Waals surface area contributed by atoms with Crippen LogP contribution in [0.5, 0.6) is 0 Å². The van der Waals surface area contributed by atoms with E-state index in [1.54, 1.807) is 6.92 Å². The molecule has 3 heteroatoms. The molecule has 1 aliphatic carbocycles. The summed E-state index contributed by atoms with van der Waals surface area (Å²) >= 11 is 0. The summed E-state index contributed by atoms with van der Waals surface area (Å²) in [7, 11) is 0. The molecule has 0 aliphatic heterocycles. The third-order valence-corrected chi connectivity index (χ3v) is 3.18. The number of carboxylic acids is 1. The molecule has 1 aliphatic rings. The van der Waals surface area contributed by atoms with E-state index in [0.29, 0.717) is 6.42 Å². The van der Waals surface area contributed by atoms with Gasteiger partial charge in [0.05, 0.1) is 0 Å². The van der Waals surface area contributed by atoms with E-state index >= 15 is 0 Å². The van der Waals surface area contributed by atoms with E-state index in [9.17, 15) is 9.59 Å². The van der Waals surface area contributed by atoms with Gasteiger partial charge in [0, 0.05) is 5.41 Å². The van der Waals surface area contributed by atoms with Crippen LogP contribution in [0.3, 0.4) is 0 Å². The first-order chi connectivity index (χ1) is 5.81. The van der Waals surface area contributed by atoms with E-state index in [0.717, 1.165) is 0 Å². The molecule has 0 fully saturated rings. The van der Waals surface area contributed by atoms with Gasteiger partial charge in [0.25, 0.3) is 0 Å². The van der Waals surface area contributed by atoms with Gasteiger partial charge in [-0.1, -0.05) is 32.9 Å². The van der Waals surface area contributed by atoms with Crippen molar-refractivity contribution in [3.63, 3.8) is 0 Å². The number of aliphatic carboxylic acids is 1. The minimum Gasteiger partial charge on any atom is -0.475 e. The van der Waals surface area contributed by atoms with Crippen molar-refractivity contribution in [2.24, 2.45) is 10.8 Å². The van der Waals surface area contributed by atoms with Gasteiger partial charge < -0.3 is 5.11 Å². The number of allylic oxidation sites excluding steroid dienone is 2. The highest BCUT2D eigenvalue weighted by molar-refractivity contribution is 6.35. The van der Waals surface area contributed by atoms with Crippen molar-refractivity contribution in [3.05, 3.63) is 12.2 Å². The van der Waals surface area contributed by atoms with E-state index in [1.165, 1.54) is 0 Å². The largest absolute Gasteiger partial charge is 0.475 e. The van der Waals surface area contributed by atoms with Gasteiger partial charge in [-0.2, -0.15) is 0 Å². The maximum absolute atomic E-state index is 11.4. The van der Waals surface area contributed by atoms with Crippen molar-refractivity contribution < 1.29 is 14.7 Å². The molecule has 13 heavy (non-hydrogen) atoms. The summed E-state index contributed by atoms with van der Waals surface area (Å²) in [6.45, 7) is 5.48. The minimum absolute atomic E-state index is 0.359. The average molecular weight is 182 g/mol. The summed E-state index contributed by atoms with van der Waals surface area (Å²) in [5.74, 6) is -2.03. The molecule has 0 spiro atoms. The van der Waals surface area contributed by atoms with Crippen LogP contribution in [0.25, 0.3) is 0 Å². The molecule has 0 bridgehead atoms. The van der Waals surface area contributed by atoms with Crippen LogP contribution in [0, 0.1) is 10.8 Å². The normalized spacial score (nSPS) is 30.4. The fourth-order valence-corrected chi connectivity index (χ4v) is 1.66. The number of hydrogen-bond donors (Lipinski definition) is 1. The Hall–Kier alpha value is -1.12. The molecule has 1 rings (SSSR count). The lowest BCUT2D eigenvalue weighted by molar-refractivity contribution is -0.156. The van der Waals surface area contributed by atoms with Gasteiger partial charge in [-0.15, -0.1) is 0 Å². The van der Waals surface area contributed by atoms with Crippen LogP contribution in [0.4, 0.5) is 0 Å². The summed E-state index contributed by atoms with van der Waals surface area (Å²) in [4.78, 5) is 22.0. The lowest BCUT2D eigenvalue weighted by Crippen LogP contribution is -2.41. The van der Waals surface area contributed by atoms with Gasteiger partial charge in [-0.25, -0.2) is 4.79 Å². The Kier molecular flexibility index (Phi) is 2.06. The number of carboxylic acid groups (broad SMARTS) is 1. The Labute approximate surface area is 77.4 Å². The number of rotatable bonds is 2. The standard InChI is InChI=1S/C10H14O3/c1-9(2)5-4-6-10(9,3)7(11)8(12)13/h4-5H,6H2,1-3H3,(H,12,13)/t10-/m1/s1. The molecule has 3 nitrogen and oxygen atoms in total. The highest BCUT2D eigenvalue weighted by Gasteiger charge is 2.49. The number of carbonyl (C=O) groups is 2. The molecular weight excluding hydrogens is 168 g/mol. The van der Waals surface area contributed by atoms with Gasteiger partial charge >= 0.3 is 5.97 Å². The topological polar surface area (TPSA) is 54.4 Å². The second-order valence-electron chi connectivity index (χ2n) is 4.29. The molecule has 1 N–H and O–H groups in total. The summed E-state index contributed by atoms with van der Waals surface area (Å²) in [6.07, 6.45) is 4.31. The van der Waals surface area contributed by atoms with Crippen LogP contribution in [-0.4, -0.2) is 16.9 Å². The predicted octanol–water partition coefficient (Wildman–Crippen LogP) is 1.63. The summed E-state index contributed by atoms with van der Waals surface area (Å²) in [5, 5.41) is 8.66. The van der Waals surface area contributed by atoms with Crippen molar-refractivity contribution in [3.8, 4) is 0 Å². The molecule has 72 valence electrons. The second kappa shape index (κ2) is 2.69. The zero-order valence-corrected chi connectivity index (χ0v) is 8.13. The number of hydrogen-bond acceptors (Lipinski definition) is 2. The molecule has 0 saturated carbocycles. The third kappa shape index (κ3) is 1.28. The van der Waals surface area contributed by atoms with Crippen molar-refractivity contribution in [1.82, 2.24) is 0 Å². The lowest BCUT2D eigenvalue weighted by atomic mass is 9.66. The molecule has 0 amide bonds. The molecule has 0 unspecified atom stereocenters. The smallest absolute Gasteiger partial charge is 0.372 e. The fraction of sp³-hybridized carbons (Fsp3) is 0.600. The first-order valence-corrected chi connectivity index (χ1v) is 4.27. The van der Waals surface area contributed by atoms with Gasteiger partial charge in [-0.05, 0) is 11.8 Å². The quantitative estimate of drug-likeness (QED) is 0.521. The summed E-state index contributed by atoms with van der Waals surface area (Å²) in [6, 6.07) is 0. The predicted molar refractivity (Wildman–Crippen MR) is 48.3 cm³/mol. The van der Waals surface area contributed by atoms with Crippen LogP contribution >= 0.6 is 0 Å². The van der Waals surface area contributed by atoms with Crippen LogP contribution < -0.4 is 0 Å². The molecule has 0 radical (unpaired) electrons. The molecule has 0 aromatic carbocycles. The Morgan fingerprint density at radius 1 is 1.31 bits per heavy atom. The van der Waals surface area contributed by atoms with Crippen LogP contribution in [0.1, 0.15) is 27.2 Å². The van der Waals surface area contributed by atoms with Crippen molar-refractivity contribution >= 4 is 11.8 Å². The SMILES string of the molecule is CC1(C)C=CC[C@]1(C)C(=O)C(=O)O. The van der Waals surface area contributed by atoms with E-state index in [2.05, 4.69) is 0 Å². The molecule has 0 aromatic rings. The highest BCUT2D eigenvalue weighted by atomic mass is 16.4. The fourth-order valence-electron chi connectivity index (χ4n) is 1.66. The van der Waals surface area contributed by atoms with Crippen LogP contribution in [-0.2, 0) is 9.59 Å². The molecule has 0 heterocycles. The van der Waals surface area contributed by atoms with Crippen molar-refractivity contribution in [1.29, 1.82) is 0 Å². The van der Waals surface area contributed by atoms with Gasteiger partial charge in [0.15, 0.2) is 0 Å². The first kappa shape index (κ1) is 9.96. The summed E-state index contributed by atoms with van der Waals surface area (Å²) < 4.78 is 0. The zero-order chi connectivity index (χ0) is 10.3. The maximum atomic E-state index is 11.4. The second-order valence-corrected chi connectivity index (χ2v) is 4.29. The van der Waals surface area contributed by atoms with Crippen molar-refractivity contribution in [2.45, 2.75) is 27.2 Å². The Morgan fingerprint density at radius 2 is 1.85 bits per heavy atom. The zero-order valence-electron chi connectivity index (χ0n) is 8.13. The van der Waals surface area contributed by atoms with Gasteiger partial charge in [0.2, 0.25) is 5.78 Å². The molecular formula is C10H14O3. The van der Waals surface area contributed by atoms with Gasteiger partial charge in [-0.3, -0.25) is 4.79 Å². The minimum atomic E-state index is -1.33. The van der Waals surface area contributed by atoms with Crippen LogP contribution in [0.2, 0.25) is 0 Å². The highest BCUT2D eigenvalue weighted by Crippen LogP contribution is 2.48. The number of carbonyl (C=O) groups excluding carboxylic acids is 1. The Bertz CT molecular complexity index is 289. The molecule has 0 aromatic heterocycles. The van der Waals surface area contributed by atoms with E-state index in [4.69, 9.17) is 5.11 Å². The average Bonchev–Trinajstić information content (AvgIpc) is 2.26. The third-order valence-electron chi connectivity index (χ3n) is 3.18. The number of Topliss-reactive ketones (excluding diaryl/α,β-unsaturated/α-hetero) is 1. The van der Waals surface area contributed by atoms with Gasteiger partial charge in [0.1, 0.15) is 0 Å². The van der Waals surface area contributed by atoms with E-state index in [1.807, 2.05) is 26.0 Å². The molecule has 0 saturated heterocycles.